The number of carbonyl (C=O) groups excluding carboxylic acids is 1. The molecule has 0 bridgehead atoms. The molecule has 1 amide bonds. The predicted molar refractivity (Wildman–Crippen MR) is 105 cm³/mol. The van der Waals surface area contributed by atoms with E-state index in [2.05, 4.69) is 29.2 Å². The lowest BCUT2D eigenvalue weighted by atomic mass is 9.99. The van der Waals surface area contributed by atoms with Crippen LogP contribution in [0, 0.1) is 5.92 Å². The molecule has 2 heterocycles. The third kappa shape index (κ3) is 4.52. The Morgan fingerprint density at radius 1 is 1.23 bits per heavy atom. The van der Waals surface area contributed by atoms with Crippen LogP contribution in [0.5, 0.6) is 0 Å². The van der Waals surface area contributed by atoms with Gasteiger partial charge in [-0.1, -0.05) is 32.0 Å². The van der Waals surface area contributed by atoms with Crippen LogP contribution in [0.15, 0.2) is 36.5 Å². The van der Waals surface area contributed by atoms with Crippen LogP contribution in [-0.2, 0) is 6.42 Å². The number of benzene rings is 1. The monoisotopic (exact) mass is 354 g/mol. The van der Waals surface area contributed by atoms with Gasteiger partial charge in [0.1, 0.15) is 0 Å². The van der Waals surface area contributed by atoms with Crippen molar-refractivity contribution in [2.45, 2.75) is 39.5 Å². The molecule has 3 rings (SSSR count). The summed E-state index contributed by atoms with van der Waals surface area (Å²) < 4.78 is 1.86. The molecule has 1 aromatic carbocycles. The maximum atomic E-state index is 12.6. The summed E-state index contributed by atoms with van der Waals surface area (Å²) in [6.45, 7) is 8.56. The second kappa shape index (κ2) is 8.99. The van der Waals surface area contributed by atoms with E-state index in [9.17, 15) is 4.79 Å². The molecule has 5 nitrogen and oxygen atoms in total. The van der Waals surface area contributed by atoms with E-state index < -0.39 is 0 Å². The molecule has 5 heteroatoms. The highest BCUT2D eigenvalue weighted by atomic mass is 16.1. The van der Waals surface area contributed by atoms with E-state index in [0.717, 1.165) is 36.7 Å². The van der Waals surface area contributed by atoms with Gasteiger partial charge in [-0.25, -0.2) is 4.68 Å². The Bertz CT molecular complexity index is 702. The second-order valence-corrected chi connectivity index (χ2v) is 7.24. The zero-order chi connectivity index (χ0) is 18.4. The largest absolute Gasteiger partial charge is 0.352 e. The lowest BCUT2D eigenvalue weighted by Crippen LogP contribution is -2.35. The quantitative estimate of drug-likeness (QED) is 0.776. The van der Waals surface area contributed by atoms with Crippen LogP contribution in [0.2, 0.25) is 0 Å². The maximum absolute atomic E-state index is 12.6. The van der Waals surface area contributed by atoms with Gasteiger partial charge in [0.05, 0.1) is 23.1 Å². The van der Waals surface area contributed by atoms with Gasteiger partial charge in [0.25, 0.3) is 5.91 Å². The molecule has 0 spiro atoms. The van der Waals surface area contributed by atoms with E-state index >= 15 is 0 Å². The molecule has 0 unspecified atom stereocenters. The van der Waals surface area contributed by atoms with Gasteiger partial charge in [0.15, 0.2) is 0 Å². The zero-order valence-corrected chi connectivity index (χ0v) is 15.9. The molecule has 0 radical (unpaired) electrons. The molecule has 0 saturated carbocycles. The van der Waals surface area contributed by atoms with Crippen LogP contribution in [0.1, 0.15) is 49.2 Å². The van der Waals surface area contributed by atoms with Crippen LogP contribution in [0.3, 0.4) is 0 Å². The first kappa shape index (κ1) is 18.6. The predicted octanol–water partition coefficient (Wildman–Crippen LogP) is 3.29. The fourth-order valence-corrected chi connectivity index (χ4v) is 3.58. The third-order valence-corrected chi connectivity index (χ3v) is 5.26. The van der Waals surface area contributed by atoms with Gasteiger partial charge in [0.2, 0.25) is 0 Å². The molecule has 140 valence electrons. The third-order valence-electron chi connectivity index (χ3n) is 5.26. The first-order valence-corrected chi connectivity index (χ1v) is 9.82. The van der Waals surface area contributed by atoms with Crippen molar-refractivity contribution in [2.75, 3.05) is 26.2 Å². The Morgan fingerprint density at radius 3 is 2.65 bits per heavy atom. The standard InChI is InChI=1S/C21H30N4O/c1-3-20-19(16-23-25(20)18-8-5-4-6-9-18)21(26)22-12-7-13-24-14-10-17(2)11-15-24/h4-6,8-9,16-17H,3,7,10-15H2,1-2H3,(H,22,26). The molecule has 26 heavy (non-hydrogen) atoms. The van der Waals surface area contributed by atoms with Gasteiger partial charge in [-0.3, -0.25) is 4.79 Å². The lowest BCUT2D eigenvalue weighted by molar-refractivity contribution is 0.0949. The summed E-state index contributed by atoms with van der Waals surface area (Å²) in [6.07, 6.45) is 6.04. The summed E-state index contributed by atoms with van der Waals surface area (Å²) >= 11 is 0. The van der Waals surface area contributed by atoms with Crippen molar-refractivity contribution in [3.05, 3.63) is 47.8 Å². The number of carbonyl (C=O) groups is 1. The number of hydrogen-bond donors (Lipinski definition) is 1. The fourth-order valence-electron chi connectivity index (χ4n) is 3.58. The highest BCUT2D eigenvalue weighted by Gasteiger charge is 2.18. The first-order valence-electron chi connectivity index (χ1n) is 9.82. The molecular weight excluding hydrogens is 324 g/mol. The number of aromatic nitrogens is 2. The highest BCUT2D eigenvalue weighted by molar-refractivity contribution is 5.95. The molecule has 0 atom stereocenters. The Labute approximate surface area is 156 Å². The van der Waals surface area contributed by atoms with Gasteiger partial charge in [0, 0.05) is 6.54 Å². The minimum Gasteiger partial charge on any atom is -0.352 e. The van der Waals surface area contributed by atoms with E-state index in [1.54, 1.807) is 6.20 Å². The molecular formula is C21H30N4O. The second-order valence-electron chi connectivity index (χ2n) is 7.24. The van der Waals surface area contributed by atoms with Gasteiger partial charge in [-0.05, 0) is 63.4 Å². The summed E-state index contributed by atoms with van der Waals surface area (Å²) in [5.41, 5.74) is 2.63. The Hall–Kier alpha value is -2.14. The van der Waals surface area contributed by atoms with Crippen LogP contribution in [-0.4, -0.2) is 46.8 Å². The molecule has 1 aromatic heterocycles. The smallest absolute Gasteiger partial charge is 0.254 e. The zero-order valence-electron chi connectivity index (χ0n) is 15.9. The van der Waals surface area contributed by atoms with Crippen LogP contribution in [0.4, 0.5) is 0 Å². The normalized spacial score (nSPS) is 15.9. The topological polar surface area (TPSA) is 50.2 Å². The number of rotatable bonds is 7. The number of piperidine rings is 1. The molecule has 1 aliphatic heterocycles. The van der Waals surface area contributed by atoms with Crippen LogP contribution >= 0.6 is 0 Å². The van der Waals surface area contributed by atoms with Crippen molar-refractivity contribution in [3.8, 4) is 5.69 Å². The molecule has 1 N–H and O–H groups in total. The fraction of sp³-hybridized carbons (Fsp3) is 0.524. The minimum absolute atomic E-state index is 0.0173. The average Bonchev–Trinajstić information content (AvgIpc) is 3.11. The molecule has 1 aliphatic rings. The molecule has 1 saturated heterocycles. The van der Waals surface area contributed by atoms with Gasteiger partial charge in [-0.15, -0.1) is 0 Å². The van der Waals surface area contributed by atoms with E-state index in [1.165, 1.54) is 25.9 Å². The van der Waals surface area contributed by atoms with E-state index in [1.807, 2.05) is 35.0 Å². The number of likely N-dealkylation sites (tertiary alicyclic amines) is 1. The van der Waals surface area contributed by atoms with Gasteiger partial charge in [-0.2, -0.15) is 5.10 Å². The van der Waals surface area contributed by atoms with Crippen molar-refractivity contribution in [1.29, 1.82) is 0 Å². The van der Waals surface area contributed by atoms with Crippen LogP contribution in [0.25, 0.3) is 5.69 Å². The van der Waals surface area contributed by atoms with Gasteiger partial charge >= 0.3 is 0 Å². The Balaban J connectivity index is 1.53. The summed E-state index contributed by atoms with van der Waals surface area (Å²) in [5, 5.41) is 7.50. The van der Waals surface area contributed by atoms with Gasteiger partial charge < -0.3 is 10.2 Å². The van der Waals surface area contributed by atoms with Crippen LogP contribution < -0.4 is 5.32 Å². The van der Waals surface area contributed by atoms with Crippen molar-refractivity contribution >= 4 is 5.91 Å². The Morgan fingerprint density at radius 2 is 1.96 bits per heavy atom. The number of hydrogen-bond acceptors (Lipinski definition) is 3. The number of nitrogens with zero attached hydrogens (tertiary/aromatic N) is 3. The lowest BCUT2D eigenvalue weighted by Gasteiger charge is -2.30. The number of para-hydroxylation sites is 1. The van der Waals surface area contributed by atoms with Crippen molar-refractivity contribution in [3.63, 3.8) is 0 Å². The molecule has 0 aliphatic carbocycles. The summed E-state index contributed by atoms with van der Waals surface area (Å²) in [6, 6.07) is 9.96. The summed E-state index contributed by atoms with van der Waals surface area (Å²) in [5.74, 6) is 0.843. The van der Waals surface area contributed by atoms with E-state index in [0.29, 0.717) is 12.1 Å². The Kier molecular flexibility index (Phi) is 6.45. The maximum Gasteiger partial charge on any atom is 0.254 e. The van der Waals surface area contributed by atoms with E-state index in [4.69, 9.17) is 0 Å². The SMILES string of the molecule is CCc1c(C(=O)NCCCN2CCC(C)CC2)cnn1-c1ccccc1. The van der Waals surface area contributed by atoms with Crippen molar-refractivity contribution in [1.82, 2.24) is 20.0 Å². The van der Waals surface area contributed by atoms with Crippen molar-refractivity contribution in [2.24, 2.45) is 5.92 Å². The van der Waals surface area contributed by atoms with E-state index in [-0.39, 0.29) is 5.91 Å². The first-order chi connectivity index (χ1) is 12.7. The summed E-state index contributed by atoms with van der Waals surface area (Å²) in [4.78, 5) is 15.1. The number of amides is 1. The molecule has 2 aromatic rings. The summed E-state index contributed by atoms with van der Waals surface area (Å²) in [7, 11) is 0. The highest BCUT2D eigenvalue weighted by Crippen LogP contribution is 2.17. The minimum atomic E-state index is -0.0173. The average molecular weight is 354 g/mol. The van der Waals surface area contributed by atoms with Crippen molar-refractivity contribution < 1.29 is 4.79 Å². The number of nitrogens with one attached hydrogen (secondary N) is 1. The molecule has 1 fully saturated rings.